The van der Waals surface area contributed by atoms with Crippen LogP contribution in [0.3, 0.4) is 0 Å². The van der Waals surface area contributed by atoms with E-state index in [0.717, 1.165) is 12.8 Å². The zero-order valence-corrected chi connectivity index (χ0v) is 11.4. The van der Waals surface area contributed by atoms with Crippen LogP contribution in [0.15, 0.2) is 11.3 Å². The van der Waals surface area contributed by atoms with Crippen LogP contribution in [0, 0.1) is 28.6 Å². The highest BCUT2D eigenvalue weighted by molar-refractivity contribution is 6.20. The Morgan fingerprint density at radius 1 is 1.22 bits per heavy atom. The molecule has 4 atom stereocenters. The van der Waals surface area contributed by atoms with E-state index in [9.17, 15) is 14.7 Å². The van der Waals surface area contributed by atoms with Crippen LogP contribution in [0.1, 0.15) is 40.5 Å². The molecule has 2 saturated carbocycles. The third-order valence-electron chi connectivity index (χ3n) is 5.92. The van der Waals surface area contributed by atoms with Gasteiger partial charge in [0.05, 0.1) is 0 Å². The third kappa shape index (κ3) is 0.918. The number of allylic oxidation sites excluding steroid dienone is 2. The minimum Gasteiger partial charge on any atom is -0.504 e. The summed E-state index contributed by atoms with van der Waals surface area (Å²) in [5.41, 5.74) is -0.550. The lowest BCUT2D eigenvalue weighted by molar-refractivity contribution is -0.144. The van der Waals surface area contributed by atoms with E-state index in [4.69, 9.17) is 0 Å². The van der Waals surface area contributed by atoms with Crippen LogP contribution in [0.25, 0.3) is 0 Å². The molecule has 0 saturated heterocycles. The fourth-order valence-corrected chi connectivity index (χ4v) is 5.13. The number of hydrogen-bond donors (Lipinski definition) is 1. The van der Waals surface area contributed by atoms with E-state index >= 15 is 0 Å². The summed E-state index contributed by atoms with van der Waals surface area (Å²) in [5, 5.41) is 10.1. The van der Waals surface area contributed by atoms with Gasteiger partial charge in [-0.2, -0.15) is 0 Å². The van der Waals surface area contributed by atoms with Crippen molar-refractivity contribution >= 4 is 11.6 Å². The van der Waals surface area contributed by atoms with Crippen LogP contribution in [0.2, 0.25) is 0 Å². The van der Waals surface area contributed by atoms with Gasteiger partial charge in [-0.3, -0.25) is 9.59 Å². The molecule has 0 aromatic heterocycles. The molecule has 0 aliphatic heterocycles. The zero-order chi connectivity index (χ0) is 13.5. The molecule has 3 heteroatoms. The van der Waals surface area contributed by atoms with Crippen LogP contribution in [0.5, 0.6) is 0 Å². The minimum absolute atomic E-state index is 0.0574. The summed E-state index contributed by atoms with van der Waals surface area (Å²) in [6.07, 6.45) is 1.83. The molecule has 98 valence electrons. The largest absolute Gasteiger partial charge is 0.504 e. The molecular formula is C15H20O3. The maximum Gasteiger partial charge on any atom is 0.211 e. The topological polar surface area (TPSA) is 54.4 Å². The van der Waals surface area contributed by atoms with Crippen LogP contribution < -0.4 is 0 Å². The maximum absolute atomic E-state index is 12.8. The molecule has 1 spiro atoms. The van der Waals surface area contributed by atoms with Gasteiger partial charge >= 0.3 is 0 Å². The van der Waals surface area contributed by atoms with E-state index in [-0.39, 0.29) is 40.5 Å². The van der Waals surface area contributed by atoms with Crippen molar-refractivity contribution in [1.29, 1.82) is 0 Å². The summed E-state index contributed by atoms with van der Waals surface area (Å²) in [7, 11) is 0. The first-order valence-electron chi connectivity index (χ1n) is 6.76. The summed E-state index contributed by atoms with van der Waals surface area (Å²) in [5.74, 6) is -0.497. The number of hydrogen-bond acceptors (Lipinski definition) is 3. The molecule has 0 heterocycles. The number of carbonyl (C=O) groups is 2. The van der Waals surface area contributed by atoms with Crippen molar-refractivity contribution in [1.82, 2.24) is 0 Å². The average molecular weight is 248 g/mol. The van der Waals surface area contributed by atoms with Gasteiger partial charge in [0, 0.05) is 5.92 Å². The van der Waals surface area contributed by atoms with E-state index in [1.54, 1.807) is 6.92 Å². The summed E-state index contributed by atoms with van der Waals surface area (Å²) >= 11 is 0. The first-order chi connectivity index (χ1) is 8.27. The lowest BCUT2D eigenvalue weighted by atomic mass is 9.66. The lowest BCUT2D eigenvalue weighted by Crippen LogP contribution is -2.47. The highest BCUT2D eigenvalue weighted by atomic mass is 16.3. The van der Waals surface area contributed by atoms with E-state index in [2.05, 4.69) is 13.8 Å². The average Bonchev–Trinajstić information content (AvgIpc) is 2.70. The molecular weight excluding hydrogens is 228 g/mol. The monoisotopic (exact) mass is 248 g/mol. The van der Waals surface area contributed by atoms with Gasteiger partial charge in [0.2, 0.25) is 5.78 Å². The summed E-state index contributed by atoms with van der Waals surface area (Å²) < 4.78 is 0. The van der Waals surface area contributed by atoms with Crippen molar-refractivity contribution in [2.75, 3.05) is 0 Å². The molecule has 0 aromatic rings. The zero-order valence-electron chi connectivity index (χ0n) is 11.4. The van der Waals surface area contributed by atoms with E-state index in [0.29, 0.717) is 5.57 Å². The van der Waals surface area contributed by atoms with Gasteiger partial charge in [-0.15, -0.1) is 0 Å². The molecule has 0 radical (unpaired) electrons. The van der Waals surface area contributed by atoms with Crippen molar-refractivity contribution in [3.63, 3.8) is 0 Å². The molecule has 3 rings (SSSR count). The highest BCUT2D eigenvalue weighted by Crippen LogP contribution is 2.68. The number of Topliss-reactive ketones (excluding diaryl/α,β-unsaturated/α-hetero) is 2. The van der Waals surface area contributed by atoms with Gasteiger partial charge in [0.25, 0.3) is 0 Å². The van der Waals surface area contributed by atoms with Crippen molar-refractivity contribution in [3.8, 4) is 0 Å². The van der Waals surface area contributed by atoms with Crippen molar-refractivity contribution in [2.45, 2.75) is 40.5 Å². The molecule has 2 bridgehead atoms. The number of aliphatic hydroxyl groups excluding tert-OH is 1. The Hall–Kier alpha value is -1.12. The second-order valence-corrected chi connectivity index (χ2v) is 6.88. The van der Waals surface area contributed by atoms with Crippen molar-refractivity contribution < 1.29 is 14.7 Å². The van der Waals surface area contributed by atoms with Crippen LogP contribution >= 0.6 is 0 Å². The van der Waals surface area contributed by atoms with Gasteiger partial charge in [-0.25, -0.2) is 0 Å². The summed E-state index contributed by atoms with van der Waals surface area (Å²) in [6, 6.07) is 0. The molecule has 3 nitrogen and oxygen atoms in total. The van der Waals surface area contributed by atoms with Gasteiger partial charge < -0.3 is 5.11 Å². The van der Waals surface area contributed by atoms with E-state index < -0.39 is 5.41 Å². The molecule has 0 amide bonds. The summed E-state index contributed by atoms with van der Waals surface area (Å²) in [4.78, 5) is 25.4. The molecule has 1 N–H and O–H groups in total. The Morgan fingerprint density at radius 3 is 2.44 bits per heavy atom. The number of fused-ring (bicyclic) bond motifs is 1. The number of carbonyl (C=O) groups excluding carboxylic acids is 2. The predicted molar refractivity (Wildman–Crippen MR) is 66.9 cm³/mol. The van der Waals surface area contributed by atoms with Crippen molar-refractivity contribution in [2.24, 2.45) is 28.6 Å². The normalized spacial score (nSPS) is 45.7. The number of ketones is 2. The Balaban J connectivity index is 2.34. The summed E-state index contributed by atoms with van der Waals surface area (Å²) in [6.45, 7) is 7.88. The fraction of sp³-hybridized carbons (Fsp3) is 0.733. The van der Waals surface area contributed by atoms with Crippen LogP contribution in [0.4, 0.5) is 0 Å². The third-order valence-corrected chi connectivity index (χ3v) is 5.92. The molecule has 3 unspecified atom stereocenters. The van der Waals surface area contributed by atoms with E-state index in [1.165, 1.54) is 0 Å². The standard InChI is InChI=1S/C15H20O3/c1-7-5-6-9-14(3,4)10-8(2)11(16)13(18)15(7,9)12(10)17/h7,9-10,16H,5-6H2,1-4H3/t7-,9?,10?,15?/m1/s1. The molecule has 3 aliphatic rings. The molecule has 3 aliphatic carbocycles. The molecule has 18 heavy (non-hydrogen) atoms. The fourth-order valence-electron chi connectivity index (χ4n) is 5.13. The SMILES string of the molecule is CC1=C(O)C(=O)C23C(=O)C1C(C)(C)C2CC[C@H]3C. The maximum atomic E-state index is 12.8. The lowest BCUT2D eigenvalue weighted by Gasteiger charge is -2.33. The van der Waals surface area contributed by atoms with Crippen molar-refractivity contribution in [3.05, 3.63) is 11.3 Å². The minimum atomic E-state index is -0.919. The quantitative estimate of drug-likeness (QED) is 0.670. The van der Waals surface area contributed by atoms with Gasteiger partial charge in [-0.05, 0) is 42.6 Å². The van der Waals surface area contributed by atoms with Crippen LogP contribution in [-0.4, -0.2) is 16.7 Å². The van der Waals surface area contributed by atoms with E-state index in [1.807, 2.05) is 6.92 Å². The van der Waals surface area contributed by atoms with Crippen LogP contribution in [-0.2, 0) is 9.59 Å². The Labute approximate surface area is 107 Å². The smallest absolute Gasteiger partial charge is 0.211 e. The highest BCUT2D eigenvalue weighted by Gasteiger charge is 2.74. The first kappa shape index (κ1) is 11.9. The Bertz CT molecular complexity index is 500. The second-order valence-electron chi connectivity index (χ2n) is 6.88. The van der Waals surface area contributed by atoms with Gasteiger partial charge in [-0.1, -0.05) is 20.8 Å². The first-order valence-corrected chi connectivity index (χ1v) is 6.76. The predicted octanol–water partition coefficient (Wildman–Crippen LogP) is 2.66. The number of aliphatic hydroxyl groups is 1. The Kier molecular flexibility index (Phi) is 2.03. The second kappa shape index (κ2) is 3.06. The molecule has 0 aromatic carbocycles. The molecule has 2 fully saturated rings. The van der Waals surface area contributed by atoms with Gasteiger partial charge in [0.15, 0.2) is 11.5 Å². The number of rotatable bonds is 0. The van der Waals surface area contributed by atoms with Gasteiger partial charge in [0.1, 0.15) is 5.41 Å². The Morgan fingerprint density at radius 2 is 1.83 bits per heavy atom.